The van der Waals surface area contributed by atoms with Crippen molar-refractivity contribution in [3.05, 3.63) is 76.5 Å². The molecule has 0 radical (unpaired) electrons. The highest BCUT2D eigenvalue weighted by molar-refractivity contribution is 9.10. The number of amides is 1. The number of carbonyl (C=O) groups is 1. The van der Waals surface area contributed by atoms with Crippen LogP contribution in [0.5, 0.6) is 11.5 Å². The van der Waals surface area contributed by atoms with E-state index >= 15 is 0 Å². The Morgan fingerprint density at radius 2 is 1.91 bits per heavy atom. The van der Waals surface area contributed by atoms with Gasteiger partial charge in [0.05, 0.1) is 42.0 Å². The van der Waals surface area contributed by atoms with Crippen LogP contribution in [0.4, 0.5) is 5.69 Å². The average molecular weight is 493 g/mol. The molecule has 0 unspecified atom stereocenters. The summed E-state index contributed by atoms with van der Waals surface area (Å²) in [6.07, 6.45) is 4.78. The number of methoxy groups -OCH3 is 2. The SMILES string of the molecule is COc1cc(/C=C/C(=O)Nc2cnc3c(c2)c(C)nn3-c2ccccc2)cc(Br)c1OC. The number of hydrogen-bond donors (Lipinski definition) is 1. The summed E-state index contributed by atoms with van der Waals surface area (Å²) < 4.78 is 13.2. The quantitative estimate of drug-likeness (QED) is 0.376. The summed E-state index contributed by atoms with van der Waals surface area (Å²) in [6, 6.07) is 15.3. The van der Waals surface area contributed by atoms with Crippen molar-refractivity contribution < 1.29 is 14.3 Å². The number of aryl methyl sites for hydroxylation is 1. The van der Waals surface area contributed by atoms with Gasteiger partial charge in [-0.25, -0.2) is 9.67 Å². The van der Waals surface area contributed by atoms with Crippen LogP contribution in [0.2, 0.25) is 0 Å². The molecule has 0 saturated carbocycles. The Labute approximate surface area is 193 Å². The van der Waals surface area contributed by atoms with Gasteiger partial charge in [-0.1, -0.05) is 18.2 Å². The number of halogens is 1. The third-order valence-electron chi connectivity index (χ3n) is 4.86. The number of carbonyl (C=O) groups excluding carboxylic acids is 1. The molecule has 162 valence electrons. The summed E-state index contributed by atoms with van der Waals surface area (Å²) in [4.78, 5) is 17.0. The highest BCUT2D eigenvalue weighted by Crippen LogP contribution is 2.36. The number of pyridine rings is 1. The Kier molecular flexibility index (Phi) is 6.23. The highest BCUT2D eigenvalue weighted by Gasteiger charge is 2.12. The first-order valence-electron chi connectivity index (χ1n) is 9.81. The maximum atomic E-state index is 12.5. The third kappa shape index (κ3) is 4.36. The second-order valence-corrected chi connectivity index (χ2v) is 7.84. The molecule has 8 heteroatoms. The Hall–Kier alpha value is -3.65. The molecule has 4 rings (SSSR count). The van der Waals surface area contributed by atoms with Crippen molar-refractivity contribution in [3.8, 4) is 17.2 Å². The van der Waals surface area contributed by atoms with Crippen molar-refractivity contribution >= 4 is 44.6 Å². The fourth-order valence-corrected chi connectivity index (χ4v) is 3.97. The van der Waals surface area contributed by atoms with Gasteiger partial charge >= 0.3 is 0 Å². The van der Waals surface area contributed by atoms with Crippen LogP contribution < -0.4 is 14.8 Å². The van der Waals surface area contributed by atoms with Gasteiger partial charge in [-0.15, -0.1) is 0 Å². The summed E-state index contributed by atoms with van der Waals surface area (Å²) in [5, 5.41) is 8.32. The molecular weight excluding hydrogens is 472 g/mol. The first-order chi connectivity index (χ1) is 15.5. The minimum atomic E-state index is -0.273. The lowest BCUT2D eigenvalue weighted by Crippen LogP contribution is -2.08. The lowest BCUT2D eigenvalue weighted by Gasteiger charge is -2.10. The van der Waals surface area contributed by atoms with Gasteiger partial charge in [0.15, 0.2) is 17.1 Å². The number of rotatable bonds is 6. The van der Waals surface area contributed by atoms with Gasteiger partial charge < -0.3 is 14.8 Å². The highest BCUT2D eigenvalue weighted by atomic mass is 79.9. The molecule has 32 heavy (non-hydrogen) atoms. The number of anilines is 1. The van der Waals surface area contributed by atoms with Crippen molar-refractivity contribution in [2.24, 2.45) is 0 Å². The van der Waals surface area contributed by atoms with E-state index in [1.807, 2.05) is 49.4 Å². The van der Waals surface area contributed by atoms with E-state index in [-0.39, 0.29) is 5.91 Å². The van der Waals surface area contributed by atoms with E-state index in [0.717, 1.165) is 32.5 Å². The molecule has 0 fully saturated rings. The maximum Gasteiger partial charge on any atom is 0.248 e. The fourth-order valence-electron chi connectivity index (χ4n) is 3.35. The molecular formula is C24H21BrN4O3. The minimum Gasteiger partial charge on any atom is -0.493 e. The zero-order valence-corrected chi connectivity index (χ0v) is 19.4. The van der Waals surface area contributed by atoms with Crippen LogP contribution in [-0.2, 0) is 4.79 Å². The Balaban J connectivity index is 1.54. The lowest BCUT2D eigenvalue weighted by atomic mass is 10.2. The molecule has 2 aromatic carbocycles. The molecule has 7 nitrogen and oxygen atoms in total. The number of para-hydroxylation sites is 1. The first kappa shape index (κ1) is 21.6. The number of hydrogen-bond acceptors (Lipinski definition) is 5. The summed E-state index contributed by atoms with van der Waals surface area (Å²) >= 11 is 3.45. The number of nitrogens with zero attached hydrogens (tertiary/aromatic N) is 3. The fraction of sp³-hybridized carbons (Fsp3) is 0.125. The molecule has 0 saturated heterocycles. The molecule has 1 N–H and O–H groups in total. The van der Waals surface area contributed by atoms with E-state index in [9.17, 15) is 4.79 Å². The van der Waals surface area contributed by atoms with Gasteiger partial charge in [0, 0.05) is 11.5 Å². The molecule has 1 amide bonds. The summed E-state index contributed by atoms with van der Waals surface area (Å²) in [5.74, 6) is 0.896. The number of ether oxygens (including phenoxy) is 2. The van der Waals surface area contributed by atoms with Gasteiger partial charge in [-0.3, -0.25) is 4.79 Å². The zero-order valence-electron chi connectivity index (χ0n) is 17.8. The largest absolute Gasteiger partial charge is 0.493 e. The molecule has 2 heterocycles. The van der Waals surface area contributed by atoms with Gasteiger partial charge in [-0.05, 0) is 64.8 Å². The van der Waals surface area contributed by atoms with Gasteiger partial charge in [0.1, 0.15) is 0 Å². The molecule has 0 aliphatic heterocycles. The van der Waals surface area contributed by atoms with Crippen LogP contribution in [0.25, 0.3) is 22.8 Å². The van der Waals surface area contributed by atoms with Crippen LogP contribution in [0.3, 0.4) is 0 Å². The van der Waals surface area contributed by atoms with E-state index in [0.29, 0.717) is 17.2 Å². The molecule has 0 aliphatic rings. The predicted octanol–water partition coefficient (Wildman–Crippen LogP) is 5.16. The lowest BCUT2D eigenvalue weighted by molar-refractivity contribution is -0.111. The summed E-state index contributed by atoms with van der Waals surface area (Å²) in [6.45, 7) is 1.92. The number of fused-ring (bicyclic) bond motifs is 1. The van der Waals surface area contributed by atoms with E-state index in [1.54, 1.807) is 37.2 Å². The minimum absolute atomic E-state index is 0.273. The maximum absolute atomic E-state index is 12.5. The topological polar surface area (TPSA) is 78.3 Å². The van der Waals surface area contributed by atoms with E-state index < -0.39 is 0 Å². The van der Waals surface area contributed by atoms with Crippen LogP contribution in [0, 0.1) is 6.92 Å². The Morgan fingerprint density at radius 1 is 1.12 bits per heavy atom. The van der Waals surface area contributed by atoms with E-state index in [2.05, 4.69) is 31.3 Å². The standard InChI is InChI=1S/C24H21BrN4O3/c1-15-19-13-17(14-26-24(19)29(28-15)18-7-5-4-6-8-18)27-22(30)10-9-16-11-20(25)23(32-3)21(12-16)31-2/h4-14H,1-3H3,(H,27,30)/b10-9+. The van der Waals surface area contributed by atoms with Crippen LogP contribution in [-0.4, -0.2) is 34.9 Å². The number of benzene rings is 2. The number of aromatic nitrogens is 3. The normalized spacial score (nSPS) is 11.1. The Morgan fingerprint density at radius 3 is 2.62 bits per heavy atom. The predicted molar refractivity (Wildman–Crippen MR) is 129 cm³/mol. The monoisotopic (exact) mass is 492 g/mol. The van der Waals surface area contributed by atoms with Crippen molar-refractivity contribution in [2.45, 2.75) is 6.92 Å². The zero-order chi connectivity index (χ0) is 22.7. The van der Waals surface area contributed by atoms with Crippen LogP contribution in [0.1, 0.15) is 11.3 Å². The molecule has 2 aromatic heterocycles. The molecule has 0 bridgehead atoms. The van der Waals surface area contributed by atoms with Crippen molar-refractivity contribution in [1.82, 2.24) is 14.8 Å². The summed E-state index contributed by atoms with van der Waals surface area (Å²) in [5.41, 5.74) is 3.88. The van der Waals surface area contributed by atoms with Gasteiger partial charge in [0.2, 0.25) is 5.91 Å². The van der Waals surface area contributed by atoms with Gasteiger partial charge in [0.25, 0.3) is 0 Å². The molecule has 0 spiro atoms. The van der Waals surface area contributed by atoms with E-state index in [1.165, 1.54) is 6.08 Å². The van der Waals surface area contributed by atoms with Crippen LogP contribution >= 0.6 is 15.9 Å². The first-order valence-corrected chi connectivity index (χ1v) is 10.6. The van der Waals surface area contributed by atoms with Crippen LogP contribution in [0.15, 0.2) is 65.3 Å². The van der Waals surface area contributed by atoms with Gasteiger partial charge in [-0.2, -0.15) is 5.10 Å². The molecule has 0 atom stereocenters. The van der Waals surface area contributed by atoms with Crippen molar-refractivity contribution in [2.75, 3.05) is 19.5 Å². The second-order valence-electron chi connectivity index (χ2n) is 6.99. The van der Waals surface area contributed by atoms with E-state index in [4.69, 9.17) is 9.47 Å². The smallest absolute Gasteiger partial charge is 0.248 e. The third-order valence-corrected chi connectivity index (χ3v) is 5.45. The summed E-state index contributed by atoms with van der Waals surface area (Å²) in [7, 11) is 3.14. The molecule has 0 aliphatic carbocycles. The van der Waals surface area contributed by atoms with Crippen molar-refractivity contribution in [1.29, 1.82) is 0 Å². The number of nitrogens with one attached hydrogen (secondary N) is 1. The Bertz CT molecular complexity index is 1320. The molecule has 4 aromatic rings. The second kappa shape index (κ2) is 9.23. The van der Waals surface area contributed by atoms with Crippen molar-refractivity contribution in [3.63, 3.8) is 0 Å². The average Bonchev–Trinajstić information content (AvgIpc) is 3.13.